The second kappa shape index (κ2) is 5.55. The second-order valence-corrected chi connectivity index (χ2v) is 4.44. The van der Waals surface area contributed by atoms with Gasteiger partial charge in [-0.05, 0) is 36.5 Å². The van der Waals surface area contributed by atoms with Crippen LogP contribution in [0, 0.1) is 17.0 Å². The SMILES string of the molecule is CC#CCC1=C(/C=[N+](\C)[O-])CCc2ccccc21. The molecule has 0 spiro atoms. The molecule has 0 atom stereocenters. The molecule has 2 rings (SSSR count). The van der Waals surface area contributed by atoms with Crippen molar-refractivity contribution in [3.05, 3.63) is 46.2 Å². The molecule has 1 aliphatic carbocycles. The summed E-state index contributed by atoms with van der Waals surface area (Å²) in [7, 11) is 1.52. The van der Waals surface area contributed by atoms with Crippen LogP contribution in [0.3, 0.4) is 0 Å². The predicted molar refractivity (Wildman–Crippen MR) is 75.4 cm³/mol. The highest BCUT2D eigenvalue weighted by Gasteiger charge is 2.18. The van der Waals surface area contributed by atoms with E-state index < -0.39 is 0 Å². The maximum absolute atomic E-state index is 11.2. The van der Waals surface area contributed by atoms with E-state index in [4.69, 9.17) is 0 Å². The summed E-state index contributed by atoms with van der Waals surface area (Å²) in [5, 5.41) is 11.2. The summed E-state index contributed by atoms with van der Waals surface area (Å²) in [6, 6.07) is 8.39. The molecule has 0 saturated heterocycles. The van der Waals surface area contributed by atoms with Crippen molar-refractivity contribution in [3.63, 3.8) is 0 Å². The van der Waals surface area contributed by atoms with Crippen molar-refractivity contribution in [2.45, 2.75) is 26.2 Å². The zero-order valence-corrected chi connectivity index (χ0v) is 10.9. The van der Waals surface area contributed by atoms with Crippen LogP contribution in [0.15, 0.2) is 29.8 Å². The van der Waals surface area contributed by atoms with Crippen molar-refractivity contribution >= 4 is 11.8 Å². The van der Waals surface area contributed by atoms with Crippen LogP contribution in [0.25, 0.3) is 5.57 Å². The van der Waals surface area contributed by atoms with Crippen molar-refractivity contribution in [3.8, 4) is 11.8 Å². The number of aryl methyl sites for hydroxylation is 1. The zero-order valence-electron chi connectivity index (χ0n) is 10.9. The molecule has 0 aliphatic heterocycles. The minimum absolute atomic E-state index is 0.715. The Morgan fingerprint density at radius 2 is 2.11 bits per heavy atom. The minimum atomic E-state index is 0.715. The van der Waals surface area contributed by atoms with Crippen LogP contribution in [-0.2, 0) is 6.42 Å². The summed E-state index contributed by atoms with van der Waals surface area (Å²) < 4.78 is 0.878. The summed E-state index contributed by atoms with van der Waals surface area (Å²) in [6.07, 6.45) is 4.32. The third kappa shape index (κ3) is 2.62. The quantitative estimate of drug-likeness (QED) is 0.256. The molecule has 1 aliphatic rings. The van der Waals surface area contributed by atoms with Crippen molar-refractivity contribution in [1.29, 1.82) is 0 Å². The van der Waals surface area contributed by atoms with Gasteiger partial charge in [0.2, 0.25) is 0 Å². The molecule has 1 aromatic carbocycles. The van der Waals surface area contributed by atoms with Gasteiger partial charge in [-0.2, -0.15) is 0 Å². The minimum Gasteiger partial charge on any atom is -0.624 e. The van der Waals surface area contributed by atoms with E-state index in [0.29, 0.717) is 6.42 Å². The Kier molecular flexibility index (Phi) is 3.84. The third-order valence-corrected chi connectivity index (χ3v) is 3.17. The lowest BCUT2D eigenvalue weighted by Gasteiger charge is -2.19. The van der Waals surface area contributed by atoms with Crippen molar-refractivity contribution < 1.29 is 4.74 Å². The number of allylic oxidation sites excluding steroid dienone is 2. The first-order chi connectivity index (χ1) is 8.72. The van der Waals surface area contributed by atoms with Crippen LogP contribution in [0.5, 0.6) is 0 Å². The Balaban J connectivity index is 2.52. The van der Waals surface area contributed by atoms with Gasteiger partial charge in [-0.25, -0.2) is 4.74 Å². The van der Waals surface area contributed by atoms with E-state index in [1.807, 2.05) is 13.0 Å². The first-order valence-electron chi connectivity index (χ1n) is 6.17. The average molecular weight is 239 g/mol. The van der Waals surface area contributed by atoms with E-state index in [-0.39, 0.29) is 0 Å². The summed E-state index contributed by atoms with van der Waals surface area (Å²) in [5.74, 6) is 6.04. The summed E-state index contributed by atoms with van der Waals surface area (Å²) >= 11 is 0. The van der Waals surface area contributed by atoms with E-state index in [1.165, 1.54) is 23.7 Å². The molecular weight excluding hydrogens is 222 g/mol. The molecule has 1 aromatic rings. The summed E-state index contributed by atoms with van der Waals surface area (Å²) in [5.41, 5.74) is 4.93. The zero-order chi connectivity index (χ0) is 13.0. The highest BCUT2D eigenvalue weighted by molar-refractivity contribution is 5.91. The van der Waals surface area contributed by atoms with Gasteiger partial charge in [0.15, 0.2) is 6.21 Å². The van der Waals surface area contributed by atoms with Gasteiger partial charge in [-0.1, -0.05) is 30.2 Å². The van der Waals surface area contributed by atoms with Crippen LogP contribution < -0.4 is 0 Å². The van der Waals surface area contributed by atoms with E-state index in [2.05, 4.69) is 30.0 Å². The molecule has 0 unspecified atom stereocenters. The number of benzene rings is 1. The normalized spacial score (nSPS) is 14.9. The topological polar surface area (TPSA) is 26.1 Å². The number of nitrogens with zero attached hydrogens (tertiary/aromatic N) is 1. The number of hydroxylamine groups is 1. The second-order valence-electron chi connectivity index (χ2n) is 4.44. The van der Waals surface area contributed by atoms with Gasteiger partial charge in [-0.3, -0.25) is 0 Å². The van der Waals surface area contributed by atoms with Gasteiger partial charge in [0.25, 0.3) is 0 Å². The molecule has 2 nitrogen and oxygen atoms in total. The molecule has 0 N–H and O–H groups in total. The van der Waals surface area contributed by atoms with Crippen molar-refractivity contribution in [2.24, 2.45) is 0 Å². The Labute approximate surface area is 108 Å². The Hall–Kier alpha value is -2.01. The molecule has 0 heterocycles. The largest absolute Gasteiger partial charge is 0.624 e. The van der Waals surface area contributed by atoms with Crippen molar-refractivity contribution in [2.75, 3.05) is 7.05 Å². The molecule has 18 heavy (non-hydrogen) atoms. The highest BCUT2D eigenvalue weighted by atomic mass is 16.5. The fourth-order valence-corrected chi connectivity index (χ4v) is 2.37. The fraction of sp³-hybridized carbons (Fsp3) is 0.312. The van der Waals surface area contributed by atoms with Gasteiger partial charge < -0.3 is 5.21 Å². The number of hydrogen-bond acceptors (Lipinski definition) is 1. The highest BCUT2D eigenvalue weighted by Crippen LogP contribution is 2.32. The monoisotopic (exact) mass is 239 g/mol. The van der Waals surface area contributed by atoms with Gasteiger partial charge in [-0.15, -0.1) is 5.92 Å². The first kappa shape index (κ1) is 12.4. The van der Waals surface area contributed by atoms with Crippen LogP contribution >= 0.6 is 0 Å². The Morgan fingerprint density at radius 1 is 1.33 bits per heavy atom. The first-order valence-corrected chi connectivity index (χ1v) is 6.17. The van der Waals surface area contributed by atoms with Gasteiger partial charge in [0.05, 0.1) is 0 Å². The van der Waals surface area contributed by atoms with Gasteiger partial charge in [0, 0.05) is 12.0 Å². The summed E-state index contributed by atoms with van der Waals surface area (Å²) in [4.78, 5) is 0. The molecule has 0 saturated carbocycles. The average Bonchev–Trinajstić information content (AvgIpc) is 2.37. The lowest BCUT2D eigenvalue weighted by molar-refractivity contribution is -0.417. The number of hydrogen-bond donors (Lipinski definition) is 0. The third-order valence-electron chi connectivity index (χ3n) is 3.17. The lowest BCUT2D eigenvalue weighted by Crippen LogP contribution is -2.09. The fourth-order valence-electron chi connectivity index (χ4n) is 2.37. The predicted octanol–water partition coefficient (Wildman–Crippen LogP) is 3.01. The van der Waals surface area contributed by atoms with Crippen molar-refractivity contribution in [1.82, 2.24) is 0 Å². The molecule has 0 radical (unpaired) electrons. The van der Waals surface area contributed by atoms with Gasteiger partial charge >= 0.3 is 0 Å². The molecular formula is C16H17NO. The molecule has 2 heteroatoms. The van der Waals surface area contributed by atoms with Crippen LogP contribution in [0.1, 0.15) is 30.9 Å². The van der Waals surface area contributed by atoms with Crippen LogP contribution in [0.4, 0.5) is 0 Å². The molecule has 0 amide bonds. The molecule has 0 bridgehead atoms. The smallest absolute Gasteiger partial charge is 0.177 e. The lowest BCUT2D eigenvalue weighted by atomic mass is 9.84. The standard InChI is InChI=1S/C16H17NO/c1-3-4-8-16-14(12-17(2)18)11-10-13-7-5-6-9-15(13)16/h5-7,9,12H,8,10-11H2,1-2H3/b17-12+. The number of rotatable bonds is 2. The summed E-state index contributed by atoms with van der Waals surface area (Å²) in [6.45, 7) is 1.85. The van der Waals surface area contributed by atoms with Crippen LogP contribution in [-0.4, -0.2) is 18.0 Å². The van der Waals surface area contributed by atoms with Gasteiger partial charge in [0.1, 0.15) is 7.05 Å². The van der Waals surface area contributed by atoms with E-state index in [1.54, 1.807) is 6.21 Å². The molecule has 0 fully saturated rings. The molecule has 0 aromatic heterocycles. The van der Waals surface area contributed by atoms with Crippen LogP contribution in [0.2, 0.25) is 0 Å². The Morgan fingerprint density at radius 3 is 2.83 bits per heavy atom. The molecule has 92 valence electrons. The van der Waals surface area contributed by atoms with E-state index in [0.717, 1.165) is 23.2 Å². The maximum Gasteiger partial charge on any atom is 0.177 e. The van der Waals surface area contributed by atoms with E-state index in [9.17, 15) is 5.21 Å². The Bertz CT molecular complexity index is 566. The number of fused-ring (bicyclic) bond motifs is 1. The van der Waals surface area contributed by atoms with E-state index >= 15 is 0 Å². The maximum atomic E-state index is 11.2.